The lowest BCUT2D eigenvalue weighted by molar-refractivity contribution is -0.0431. The van der Waals surface area contributed by atoms with Crippen LogP contribution in [0.1, 0.15) is 29.8 Å². The molecule has 1 aliphatic rings. The second kappa shape index (κ2) is 6.30. The van der Waals surface area contributed by atoms with Gasteiger partial charge in [-0.25, -0.2) is 13.1 Å². The van der Waals surface area contributed by atoms with E-state index in [-0.39, 0.29) is 10.5 Å². The zero-order valence-electron chi connectivity index (χ0n) is 14.9. The molecule has 0 aliphatic carbocycles. The molecule has 2 aromatic carbocycles. The number of aryl methyl sites for hydroxylation is 1. The molecular formula is C18H20N2O5S. The van der Waals surface area contributed by atoms with Gasteiger partial charge in [0.15, 0.2) is 11.5 Å². The molecule has 1 aliphatic heterocycles. The molecule has 0 radical (unpaired) electrons. The summed E-state index contributed by atoms with van der Waals surface area (Å²) in [6.07, 6.45) is 0. The molecule has 0 atom stereocenters. The summed E-state index contributed by atoms with van der Waals surface area (Å²) in [5.41, 5.74) is 1.47. The van der Waals surface area contributed by atoms with Crippen molar-refractivity contribution in [3.05, 3.63) is 47.5 Å². The lowest BCUT2D eigenvalue weighted by Crippen LogP contribution is -2.29. The van der Waals surface area contributed by atoms with E-state index in [4.69, 9.17) is 9.47 Å². The molecule has 7 nitrogen and oxygen atoms in total. The highest BCUT2D eigenvalue weighted by Crippen LogP contribution is 2.40. The molecule has 0 bridgehead atoms. The zero-order valence-corrected chi connectivity index (χ0v) is 15.7. The Kier molecular flexibility index (Phi) is 4.41. The Bertz CT molecular complexity index is 983. The Labute approximate surface area is 152 Å². The second-order valence-corrected chi connectivity index (χ2v) is 8.29. The number of amides is 1. The Morgan fingerprint density at radius 2 is 1.73 bits per heavy atom. The molecule has 0 unspecified atom stereocenters. The van der Waals surface area contributed by atoms with Crippen LogP contribution in [0.3, 0.4) is 0 Å². The van der Waals surface area contributed by atoms with Crippen molar-refractivity contribution in [1.29, 1.82) is 0 Å². The van der Waals surface area contributed by atoms with Crippen molar-refractivity contribution in [3.63, 3.8) is 0 Å². The predicted molar refractivity (Wildman–Crippen MR) is 97.2 cm³/mol. The van der Waals surface area contributed by atoms with Crippen LogP contribution < -0.4 is 19.5 Å². The number of hydrogen-bond donors (Lipinski definition) is 2. The molecule has 1 heterocycles. The van der Waals surface area contributed by atoms with Crippen LogP contribution in [0.25, 0.3) is 0 Å². The number of hydrogen-bond acceptors (Lipinski definition) is 5. The molecule has 0 aromatic heterocycles. The van der Waals surface area contributed by atoms with Gasteiger partial charge < -0.3 is 14.8 Å². The third-order valence-corrected chi connectivity index (χ3v) is 5.36. The monoisotopic (exact) mass is 376 g/mol. The van der Waals surface area contributed by atoms with Crippen LogP contribution in [0.5, 0.6) is 11.5 Å². The van der Waals surface area contributed by atoms with Crippen molar-refractivity contribution in [2.24, 2.45) is 0 Å². The lowest BCUT2D eigenvalue weighted by Gasteiger charge is -2.16. The molecule has 138 valence electrons. The van der Waals surface area contributed by atoms with Gasteiger partial charge in [-0.05, 0) is 43.8 Å². The minimum Gasteiger partial charge on any atom is -0.449 e. The van der Waals surface area contributed by atoms with E-state index in [1.165, 1.54) is 19.2 Å². The topological polar surface area (TPSA) is 93.7 Å². The molecule has 0 saturated heterocycles. The fourth-order valence-corrected chi connectivity index (χ4v) is 3.39. The van der Waals surface area contributed by atoms with Crippen LogP contribution >= 0.6 is 0 Å². The number of ether oxygens (including phenoxy) is 2. The van der Waals surface area contributed by atoms with Gasteiger partial charge in [-0.1, -0.05) is 6.07 Å². The smallest absolute Gasteiger partial charge is 0.255 e. The molecule has 26 heavy (non-hydrogen) atoms. The summed E-state index contributed by atoms with van der Waals surface area (Å²) in [4.78, 5) is 12.7. The van der Waals surface area contributed by atoms with Crippen LogP contribution in [-0.4, -0.2) is 27.2 Å². The van der Waals surface area contributed by atoms with Gasteiger partial charge in [0.25, 0.3) is 5.91 Å². The van der Waals surface area contributed by atoms with E-state index < -0.39 is 21.7 Å². The summed E-state index contributed by atoms with van der Waals surface area (Å²) in [6.45, 7) is 5.33. The Morgan fingerprint density at radius 1 is 1.04 bits per heavy atom. The summed E-state index contributed by atoms with van der Waals surface area (Å²) >= 11 is 0. The quantitative estimate of drug-likeness (QED) is 0.856. The van der Waals surface area contributed by atoms with E-state index in [0.717, 1.165) is 0 Å². The molecule has 0 saturated carbocycles. The number of fused-ring (bicyclic) bond motifs is 1. The van der Waals surface area contributed by atoms with Crippen LogP contribution in [0, 0.1) is 6.92 Å². The molecule has 2 aromatic rings. The van der Waals surface area contributed by atoms with Crippen molar-refractivity contribution < 1.29 is 22.7 Å². The third kappa shape index (κ3) is 3.51. The standard InChI is InChI=1S/C18H20N2O5S/c1-11-5-7-13(26(22,23)19-4)10-14(11)17(21)20-12-6-8-15-16(9-12)25-18(2,3)24-15/h5-10,19H,1-4H3,(H,20,21). The molecule has 2 N–H and O–H groups in total. The molecule has 3 rings (SSSR count). The summed E-state index contributed by atoms with van der Waals surface area (Å²) < 4.78 is 37.4. The van der Waals surface area contributed by atoms with Gasteiger partial charge in [0, 0.05) is 31.2 Å². The van der Waals surface area contributed by atoms with Gasteiger partial charge in [0.1, 0.15) is 0 Å². The zero-order chi connectivity index (χ0) is 19.1. The van der Waals surface area contributed by atoms with Crippen molar-refractivity contribution in [2.75, 3.05) is 12.4 Å². The SMILES string of the molecule is CNS(=O)(=O)c1ccc(C)c(C(=O)Nc2ccc3c(c2)OC(C)(C)O3)c1. The van der Waals surface area contributed by atoms with Crippen molar-refractivity contribution in [3.8, 4) is 11.5 Å². The summed E-state index contributed by atoms with van der Waals surface area (Å²) in [5, 5.41) is 2.76. The summed E-state index contributed by atoms with van der Waals surface area (Å²) in [7, 11) is -2.31. The average molecular weight is 376 g/mol. The van der Waals surface area contributed by atoms with Gasteiger partial charge in [0.05, 0.1) is 4.90 Å². The summed E-state index contributed by atoms with van der Waals surface area (Å²) in [5.74, 6) is -0.0201. The van der Waals surface area contributed by atoms with E-state index in [1.807, 2.05) is 0 Å². The Hall–Kier alpha value is -2.58. The van der Waals surface area contributed by atoms with Gasteiger partial charge >= 0.3 is 0 Å². The van der Waals surface area contributed by atoms with Crippen molar-refractivity contribution in [1.82, 2.24) is 4.72 Å². The maximum Gasteiger partial charge on any atom is 0.255 e. The first-order valence-electron chi connectivity index (χ1n) is 7.99. The Balaban J connectivity index is 1.87. The maximum atomic E-state index is 12.6. The van der Waals surface area contributed by atoms with Crippen molar-refractivity contribution in [2.45, 2.75) is 31.5 Å². The molecule has 0 spiro atoms. The van der Waals surface area contributed by atoms with Crippen LogP contribution in [0.2, 0.25) is 0 Å². The number of benzene rings is 2. The number of nitrogens with one attached hydrogen (secondary N) is 2. The Morgan fingerprint density at radius 3 is 2.42 bits per heavy atom. The van der Waals surface area contributed by atoms with E-state index >= 15 is 0 Å². The highest BCUT2D eigenvalue weighted by Gasteiger charge is 2.31. The summed E-state index contributed by atoms with van der Waals surface area (Å²) in [6, 6.07) is 9.50. The number of sulfonamides is 1. The molecule has 1 amide bonds. The van der Waals surface area contributed by atoms with Gasteiger partial charge in [0.2, 0.25) is 15.8 Å². The maximum absolute atomic E-state index is 12.6. The molecule has 0 fully saturated rings. The lowest BCUT2D eigenvalue weighted by atomic mass is 10.1. The minimum atomic E-state index is -3.63. The van der Waals surface area contributed by atoms with Crippen LogP contribution in [0.4, 0.5) is 5.69 Å². The highest BCUT2D eigenvalue weighted by atomic mass is 32.2. The van der Waals surface area contributed by atoms with E-state index in [2.05, 4.69) is 10.0 Å². The fraction of sp³-hybridized carbons (Fsp3) is 0.278. The van der Waals surface area contributed by atoms with Gasteiger partial charge in [-0.3, -0.25) is 4.79 Å². The average Bonchev–Trinajstić information content (AvgIpc) is 2.88. The predicted octanol–water partition coefficient (Wildman–Crippen LogP) is 2.66. The first-order chi connectivity index (χ1) is 12.1. The van der Waals surface area contributed by atoms with E-state index in [1.54, 1.807) is 45.0 Å². The van der Waals surface area contributed by atoms with E-state index in [9.17, 15) is 13.2 Å². The van der Waals surface area contributed by atoms with Crippen molar-refractivity contribution >= 4 is 21.6 Å². The van der Waals surface area contributed by atoms with Crippen LogP contribution in [0.15, 0.2) is 41.3 Å². The fourth-order valence-electron chi connectivity index (χ4n) is 2.63. The first kappa shape index (κ1) is 18.2. The van der Waals surface area contributed by atoms with Gasteiger partial charge in [-0.2, -0.15) is 0 Å². The number of anilines is 1. The first-order valence-corrected chi connectivity index (χ1v) is 9.47. The van der Waals surface area contributed by atoms with E-state index in [0.29, 0.717) is 22.7 Å². The third-order valence-electron chi connectivity index (χ3n) is 3.95. The highest BCUT2D eigenvalue weighted by molar-refractivity contribution is 7.89. The van der Waals surface area contributed by atoms with Crippen LogP contribution in [-0.2, 0) is 10.0 Å². The normalized spacial score (nSPS) is 14.9. The molecular weight excluding hydrogens is 356 g/mol. The minimum absolute atomic E-state index is 0.0307. The number of carbonyl (C=O) groups is 1. The second-order valence-electron chi connectivity index (χ2n) is 6.40. The number of carbonyl (C=O) groups excluding carboxylic acids is 1. The number of rotatable bonds is 4. The molecule has 8 heteroatoms. The van der Waals surface area contributed by atoms with Gasteiger partial charge in [-0.15, -0.1) is 0 Å². The largest absolute Gasteiger partial charge is 0.449 e.